The molecule has 82 valence electrons. The summed E-state index contributed by atoms with van der Waals surface area (Å²) < 4.78 is 5.23. The first-order valence-electron chi connectivity index (χ1n) is 4.62. The molecule has 3 nitrogen and oxygen atoms in total. The molecule has 1 N–H and O–H groups in total. The van der Waals surface area contributed by atoms with E-state index in [4.69, 9.17) is 4.74 Å². The number of aryl methyl sites for hydroxylation is 1. The van der Waals surface area contributed by atoms with Crippen LogP contribution in [0, 0.1) is 20.8 Å². The normalized spacial score (nSPS) is 9.93. The van der Waals surface area contributed by atoms with Crippen molar-refractivity contribution in [1.29, 1.82) is 0 Å². The van der Waals surface area contributed by atoms with Crippen molar-refractivity contribution in [2.75, 3.05) is 12.4 Å². The van der Waals surface area contributed by atoms with E-state index in [-0.39, 0.29) is 5.24 Å². The predicted molar refractivity (Wildman–Crippen MR) is 65.2 cm³/mol. The highest BCUT2D eigenvalue weighted by Gasteiger charge is 2.11. The lowest BCUT2D eigenvalue weighted by molar-refractivity contribution is 0.270. The molecule has 1 amide bonds. The zero-order chi connectivity index (χ0) is 11.6. The summed E-state index contributed by atoms with van der Waals surface area (Å²) in [5, 5.41) is 2.35. The van der Waals surface area contributed by atoms with Gasteiger partial charge in [-0.1, -0.05) is 12.6 Å². The van der Waals surface area contributed by atoms with Gasteiger partial charge in [-0.2, -0.15) is 0 Å². The zero-order valence-corrected chi connectivity index (χ0v) is 10.2. The van der Waals surface area contributed by atoms with Crippen molar-refractivity contribution in [2.45, 2.75) is 20.8 Å². The van der Waals surface area contributed by atoms with Crippen LogP contribution >= 0.6 is 12.6 Å². The van der Waals surface area contributed by atoms with Crippen LogP contribution in [0.3, 0.4) is 0 Å². The number of thiol groups is 1. The minimum Gasteiger partial charge on any atom is -0.496 e. The Hall–Kier alpha value is -1.16. The molecule has 0 radical (unpaired) electrons. The molecule has 1 rings (SSSR count). The molecule has 15 heavy (non-hydrogen) atoms. The van der Waals surface area contributed by atoms with Crippen LogP contribution in [-0.4, -0.2) is 12.3 Å². The number of anilines is 1. The van der Waals surface area contributed by atoms with Crippen molar-refractivity contribution in [3.63, 3.8) is 0 Å². The van der Waals surface area contributed by atoms with E-state index in [9.17, 15) is 4.79 Å². The molecule has 0 aliphatic heterocycles. The van der Waals surface area contributed by atoms with E-state index in [0.29, 0.717) is 0 Å². The van der Waals surface area contributed by atoms with Crippen molar-refractivity contribution in [3.8, 4) is 5.75 Å². The number of carbonyl (C=O) groups excluding carboxylic acids is 1. The zero-order valence-electron chi connectivity index (χ0n) is 9.34. The number of hydrogen-bond donors (Lipinski definition) is 2. The van der Waals surface area contributed by atoms with Crippen LogP contribution in [0.25, 0.3) is 0 Å². The Labute approximate surface area is 95.2 Å². The van der Waals surface area contributed by atoms with Gasteiger partial charge in [-0.3, -0.25) is 4.79 Å². The van der Waals surface area contributed by atoms with Gasteiger partial charge < -0.3 is 10.1 Å². The van der Waals surface area contributed by atoms with Crippen LogP contribution in [0.1, 0.15) is 16.7 Å². The lowest BCUT2D eigenvalue weighted by Gasteiger charge is -2.15. The Morgan fingerprint density at radius 1 is 1.33 bits per heavy atom. The Kier molecular flexibility index (Phi) is 3.63. The molecule has 0 spiro atoms. The highest BCUT2D eigenvalue weighted by molar-refractivity contribution is 7.96. The molecule has 0 fully saturated rings. The minimum absolute atomic E-state index is 0.356. The van der Waals surface area contributed by atoms with Crippen LogP contribution in [0.5, 0.6) is 5.75 Å². The molecule has 0 atom stereocenters. The fourth-order valence-corrected chi connectivity index (χ4v) is 1.67. The maximum absolute atomic E-state index is 10.9. The Bertz CT molecular complexity index is 402. The molecule has 0 aromatic heterocycles. The van der Waals surface area contributed by atoms with E-state index in [2.05, 4.69) is 17.9 Å². The first kappa shape index (κ1) is 11.9. The number of methoxy groups -OCH3 is 1. The van der Waals surface area contributed by atoms with Gasteiger partial charge in [0.2, 0.25) is 0 Å². The molecule has 0 aliphatic rings. The number of rotatable bonds is 2. The molecule has 0 unspecified atom stereocenters. The molecular weight excluding hydrogens is 210 g/mol. The maximum atomic E-state index is 10.9. The summed E-state index contributed by atoms with van der Waals surface area (Å²) >= 11 is 3.71. The number of benzene rings is 1. The van der Waals surface area contributed by atoms with Crippen molar-refractivity contribution in [1.82, 2.24) is 0 Å². The van der Waals surface area contributed by atoms with Gasteiger partial charge in [-0.05, 0) is 43.5 Å². The SMILES string of the molecule is COc1cc(C)c(NC(=O)S)c(C)c1C. The van der Waals surface area contributed by atoms with Crippen molar-refractivity contribution in [2.24, 2.45) is 0 Å². The van der Waals surface area contributed by atoms with Crippen LogP contribution in [-0.2, 0) is 0 Å². The third-order valence-electron chi connectivity index (χ3n) is 2.50. The Morgan fingerprint density at radius 3 is 2.40 bits per heavy atom. The third-order valence-corrected chi connectivity index (χ3v) is 2.61. The molecule has 0 aliphatic carbocycles. The predicted octanol–water partition coefficient (Wildman–Crippen LogP) is 3.08. The fraction of sp³-hybridized carbons (Fsp3) is 0.364. The van der Waals surface area contributed by atoms with Gasteiger partial charge in [0.05, 0.1) is 7.11 Å². The van der Waals surface area contributed by atoms with Crippen LogP contribution < -0.4 is 10.1 Å². The molecule has 0 saturated carbocycles. The summed E-state index contributed by atoms with van der Waals surface area (Å²) in [5.74, 6) is 0.835. The van der Waals surface area contributed by atoms with Crippen molar-refractivity contribution >= 4 is 23.6 Å². The molecule has 1 aromatic carbocycles. The minimum atomic E-state index is -0.356. The first-order valence-corrected chi connectivity index (χ1v) is 5.06. The van der Waals surface area contributed by atoms with Gasteiger partial charge in [0.1, 0.15) is 5.75 Å². The summed E-state index contributed by atoms with van der Waals surface area (Å²) in [4.78, 5) is 10.9. The average molecular weight is 225 g/mol. The second-order valence-electron chi connectivity index (χ2n) is 3.45. The largest absolute Gasteiger partial charge is 0.496 e. The molecule has 1 aromatic rings. The summed E-state index contributed by atoms with van der Waals surface area (Å²) in [7, 11) is 1.64. The summed E-state index contributed by atoms with van der Waals surface area (Å²) in [6, 6.07) is 1.90. The van der Waals surface area contributed by atoms with Gasteiger partial charge in [0, 0.05) is 5.69 Å². The number of hydrogen-bond acceptors (Lipinski definition) is 2. The summed E-state index contributed by atoms with van der Waals surface area (Å²) in [6.45, 7) is 5.83. The standard InChI is InChI=1S/C11H15NO2S/c1-6-5-9(14-4)7(2)8(3)10(6)12-11(13)15/h5H,1-4H3,(H2,12,13,15). The van der Waals surface area contributed by atoms with Gasteiger partial charge >= 0.3 is 0 Å². The molecule has 4 heteroatoms. The molecule has 0 saturated heterocycles. The highest BCUT2D eigenvalue weighted by Crippen LogP contribution is 2.31. The number of carbonyl (C=O) groups is 1. The molecule has 0 bridgehead atoms. The van der Waals surface area contributed by atoms with E-state index in [1.807, 2.05) is 26.8 Å². The molecular formula is C11H15NO2S. The summed E-state index contributed by atoms with van der Waals surface area (Å²) in [5.41, 5.74) is 3.82. The van der Waals surface area contributed by atoms with Gasteiger partial charge in [-0.15, -0.1) is 0 Å². The summed E-state index contributed by atoms with van der Waals surface area (Å²) in [6.07, 6.45) is 0. The average Bonchev–Trinajstić information content (AvgIpc) is 2.18. The fourth-order valence-electron chi connectivity index (χ4n) is 1.56. The van der Waals surface area contributed by atoms with Crippen LogP contribution in [0.4, 0.5) is 10.5 Å². The van der Waals surface area contributed by atoms with Gasteiger partial charge in [0.25, 0.3) is 5.24 Å². The second-order valence-corrected chi connectivity index (χ2v) is 3.86. The maximum Gasteiger partial charge on any atom is 0.280 e. The van der Waals surface area contributed by atoms with Crippen molar-refractivity contribution in [3.05, 3.63) is 22.8 Å². The Morgan fingerprint density at radius 2 is 1.93 bits per heavy atom. The quantitative estimate of drug-likeness (QED) is 0.759. The topological polar surface area (TPSA) is 38.3 Å². The lowest BCUT2D eigenvalue weighted by Crippen LogP contribution is -2.06. The molecule has 0 heterocycles. The van der Waals surface area contributed by atoms with E-state index in [0.717, 1.165) is 28.1 Å². The smallest absolute Gasteiger partial charge is 0.280 e. The first-order chi connectivity index (χ1) is 6.97. The van der Waals surface area contributed by atoms with Gasteiger partial charge in [-0.25, -0.2) is 0 Å². The van der Waals surface area contributed by atoms with Crippen LogP contribution in [0.15, 0.2) is 6.07 Å². The van der Waals surface area contributed by atoms with E-state index >= 15 is 0 Å². The van der Waals surface area contributed by atoms with Crippen molar-refractivity contribution < 1.29 is 9.53 Å². The van der Waals surface area contributed by atoms with E-state index in [1.54, 1.807) is 7.11 Å². The number of nitrogens with one attached hydrogen (secondary N) is 1. The van der Waals surface area contributed by atoms with E-state index in [1.165, 1.54) is 0 Å². The highest BCUT2D eigenvalue weighted by atomic mass is 32.1. The monoisotopic (exact) mass is 225 g/mol. The van der Waals surface area contributed by atoms with Crippen LogP contribution in [0.2, 0.25) is 0 Å². The third kappa shape index (κ3) is 2.45. The second kappa shape index (κ2) is 4.57. The lowest BCUT2D eigenvalue weighted by atomic mass is 10.0. The Balaban J connectivity index is 3.29. The van der Waals surface area contributed by atoms with E-state index < -0.39 is 0 Å². The number of amides is 1. The number of ether oxygens (including phenoxy) is 1. The van der Waals surface area contributed by atoms with Gasteiger partial charge in [0.15, 0.2) is 0 Å².